The summed E-state index contributed by atoms with van der Waals surface area (Å²) >= 11 is 0. The number of likely N-dealkylation sites (N-methyl/N-ethyl adjacent to an activating group) is 1. The first-order valence-electron chi connectivity index (χ1n) is 11.6. The van der Waals surface area contributed by atoms with E-state index in [0.717, 1.165) is 77.9 Å². The minimum absolute atomic E-state index is 0.237. The predicted octanol–water partition coefficient (Wildman–Crippen LogP) is 3.54. The molecule has 0 N–H and O–H groups in total. The first kappa shape index (κ1) is 20.6. The third kappa shape index (κ3) is 5.10. The Balaban J connectivity index is 1.39. The fourth-order valence-electron chi connectivity index (χ4n) is 4.98. The molecular formula is C25H37N3O. The van der Waals surface area contributed by atoms with Gasteiger partial charge in [-0.15, -0.1) is 0 Å². The molecule has 1 saturated heterocycles. The molecule has 1 saturated carbocycles. The maximum absolute atomic E-state index is 13.7. The lowest BCUT2D eigenvalue weighted by molar-refractivity contribution is -0.134. The molecule has 1 atom stereocenters. The average molecular weight is 396 g/mol. The first-order chi connectivity index (χ1) is 14.2. The second kappa shape index (κ2) is 9.44. The van der Waals surface area contributed by atoms with Crippen molar-refractivity contribution in [2.24, 2.45) is 5.92 Å². The summed E-state index contributed by atoms with van der Waals surface area (Å²) in [4.78, 5) is 20.9. The van der Waals surface area contributed by atoms with E-state index in [0.29, 0.717) is 11.8 Å². The molecule has 3 aliphatic rings. The summed E-state index contributed by atoms with van der Waals surface area (Å²) in [6.07, 6.45) is 11.2. The van der Waals surface area contributed by atoms with Gasteiger partial charge in [-0.2, -0.15) is 0 Å². The van der Waals surface area contributed by atoms with Crippen LogP contribution in [0, 0.1) is 5.92 Å². The Kier molecular flexibility index (Phi) is 6.71. The van der Waals surface area contributed by atoms with Crippen molar-refractivity contribution in [3.8, 4) is 0 Å². The van der Waals surface area contributed by atoms with Crippen molar-refractivity contribution in [3.63, 3.8) is 0 Å². The van der Waals surface area contributed by atoms with Gasteiger partial charge in [-0.3, -0.25) is 4.79 Å². The van der Waals surface area contributed by atoms with E-state index in [-0.39, 0.29) is 5.41 Å². The van der Waals surface area contributed by atoms with Gasteiger partial charge in [0.2, 0.25) is 5.91 Å². The molecule has 1 aliphatic heterocycles. The third-order valence-electron chi connectivity index (χ3n) is 7.13. The molecule has 2 fully saturated rings. The number of carbonyl (C=O) groups is 1. The van der Waals surface area contributed by atoms with E-state index >= 15 is 0 Å². The fraction of sp³-hybridized carbons (Fsp3) is 0.640. The van der Waals surface area contributed by atoms with Crippen molar-refractivity contribution in [2.45, 2.75) is 43.9 Å². The number of carbonyl (C=O) groups excluding carboxylic acids is 1. The number of benzene rings is 1. The molecule has 4 heteroatoms. The van der Waals surface area contributed by atoms with Crippen LogP contribution in [0.3, 0.4) is 0 Å². The van der Waals surface area contributed by atoms with Crippen LogP contribution in [-0.4, -0.2) is 73.5 Å². The lowest BCUT2D eigenvalue weighted by atomic mass is 9.91. The van der Waals surface area contributed by atoms with Gasteiger partial charge in [0.05, 0.1) is 5.41 Å². The number of hydrogen-bond acceptors (Lipinski definition) is 3. The molecule has 158 valence electrons. The van der Waals surface area contributed by atoms with Gasteiger partial charge in [0.15, 0.2) is 0 Å². The summed E-state index contributed by atoms with van der Waals surface area (Å²) in [5.74, 6) is 1.01. The van der Waals surface area contributed by atoms with Gasteiger partial charge in [0.1, 0.15) is 0 Å². The molecule has 0 aromatic heterocycles. The van der Waals surface area contributed by atoms with Gasteiger partial charge in [-0.05, 0) is 63.6 Å². The molecular weight excluding hydrogens is 358 g/mol. The first-order valence-corrected chi connectivity index (χ1v) is 11.6. The third-order valence-corrected chi connectivity index (χ3v) is 7.13. The van der Waals surface area contributed by atoms with Gasteiger partial charge in [0.25, 0.3) is 0 Å². The van der Waals surface area contributed by atoms with Crippen LogP contribution in [0.15, 0.2) is 42.5 Å². The molecule has 1 aromatic rings. The second-order valence-electron chi connectivity index (χ2n) is 9.35. The number of nitrogens with zero attached hydrogens (tertiary/aromatic N) is 3. The van der Waals surface area contributed by atoms with Crippen molar-refractivity contribution >= 4 is 5.91 Å². The van der Waals surface area contributed by atoms with E-state index in [4.69, 9.17) is 0 Å². The van der Waals surface area contributed by atoms with Gasteiger partial charge < -0.3 is 14.7 Å². The van der Waals surface area contributed by atoms with Gasteiger partial charge in [-0.25, -0.2) is 0 Å². The highest BCUT2D eigenvalue weighted by atomic mass is 16.2. The normalized spacial score (nSPS) is 24.4. The van der Waals surface area contributed by atoms with Crippen LogP contribution in [0.25, 0.3) is 0 Å². The van der Waals surface area contributed by atoms with Crippen LogP contribution < -0.4 is 0 Å². The topological polar surface area (TPSA) is 26.8 Å². The summed E-state index contributed by atoms with van der Waals surface area (Å²) in [6.45, 7) is 7.58. The SMILES string of the molecule is CN1CCN(CCCN(C[C@H]2CC=CCC2)C(=O)C2(c3ccccc3)CC2)CC1. The predicted molar refractivity (Wildman–Crippen MR) is 119 cm³/mol. The van der Waals surface area contributed by atoms with Crippen LogP contribution >= 0.6 is 0 Å². The highest BCUT2D eigenvalue weighted by Gasteiger charge is 2.52. The van der Waals surface area contributed by atoms with E-state index in [1.807, 2.05) is 6.07 Å². The molecule has 4 nitrogen and oxygen atoms in total. The lowest BCUT2D eigenvalue weighted by Crippen LogP contribution is -2.46. The largest absolute Gasteiger partial charge is 0.342 e. The molecule has 0 bridgehead atoms. The summed E-state index contributed by atoms with van der Waals surface area (Å²) in [7, 11) is 2.20. The van der Waals surface area contributed by atoms with Gasteiger partial charge in [-0.1, -0.05) is 42.5 Å². The van der Waals surface area contributed by atoms with E-state index in [2.05, 4.69) is 58.2 Å². The van der Waals surface area contributed by atoms with E-state index in [9.17, 15) is 4.79 Å². The Labute approximate surface area is 176 Å². The Morgan fingerprint density at radius 2 is 1.86 bits per heavy atom. The molecule has 0 spiro atoms. The monoisotopic (exact) mass is 395 g/mol. The van der Waals surface area contributed by atoms with Crippen molar-refractivity contribution in [3.05, 3.63) is 48.0 Å². The van der Waals surface area contributed by atoms with Crippen LogP contribution in [0.5, 0.6) is 0 Å². The maximum Gasteiger partial charge on any atom is 0.233 e. The van der Waals surface area contributed by atoms with Crippen LogP contribution in [0.2, 0.25) is 0 Å². The highest BCUT2D eigenvalue weighted by molar-refractivity contribution is 5.91. The highest BCUT2D eigenvalue weighted by Crippen LogP contribution is 2.49. The molecule has 4 rings (SSSR count). The zero-order valence-corrected chi connectivity index (χ0v) is 18.1. The van der Waals surface area contributed by atoms with Crippen LogP contribution in [0.1, 0.15) is 44.1 Å². The van der Waals surface area contributed by atoms with Crippen molar-refractivity contribution in [1.29, 1.82) is 0 Å². The minimum atomic E-state index is -0.237. The molecule has 0 radical (unpaired) electrons. The Morgan fingerprint density at radius 3 is 2.52 bits per heavy atom. The Morgan fingerprint density at radius 1 is 1.10 bits per heavy atom. The van der Waals surface area contributed by atoms with Crippen LogP contribution in [-0.2, 0) is 10.2 Å². The minimum Gasteiger partial charge on any atom is -0.342 e. The smallest absolute Gasteiger partial charge is 0.233 e. The number of hydrogen-bond donors (Lipinski definition) is 0. The molecule has 29 heavy (non-hydrogen) atoms. The lowest BCUT2D eigenvalue weighted by Gasteiger charge is -2.34. The quantitative estimate of drug-likeness (QED) is 0.630. The molecule has 1 amide bonds. The van der Waals surface area contributed by atoms with Crippen LogP contribution in [0.4, 0.5) is 0 Å². The number of piperazine rings is 1. The van der Waals surface area contributed by atoms with Gasteiger partial charge in [0, 0.05) is 39.3 Å². The summed E-state index contributed by atoms with van der Waals surface area (Å²) in [5, 5.41) is 0. The zero-order valence-electron chi connectivity index (χ0n) is 18.1. The van der Waals surface area contributed by atoms with Crippen molar-refractivity contribution in [2.75, 3.05) is 52.9 Å². The van der Waals surface area contributed by atoms with Crippen molar-refractivity contribution < 1.29 is 4.79 Å². The Bertz CT molecular complexity index is 689. The molecule has 1 heterocycles. The Hall–Kier alpha value is -1.65. The van der Waals surface area contributed by atoms with Crippen molar-refractivity contribution in [1.82, 2.24) is 14.7 Å². The molecule has 0 unspecified atom stereocenters. The fourth-order valence-corrected chi connectivity index (χ4v) is 4.98. The van der Waals surface area contributed by atoms with Gasteiger partial charge >= 0.3 is 0 Å². The maximum atomic E-state index is 13.7. The molecule has 2 aliphatic carbocycles. The summed E-state index contributed by atoms with van der Waals surface area (Å²) in [5.41, 5.74) is 0.984. The summed E-state index contributed by atoms with van der Waals surface area (Å²) in [6, 6.07) is 10.5. The summed E-state index contributed by atoms with van der Waals surface area (Å²) < 4.78 is 0. The second-order valence-corrected chi connectivity index (χ2v) is 9.35. The number of allylic oxidation sites excluding steroid dienone is 2. The van der Waals surface area contributed by atoms with E-state index < -0.39 is 0 Å². The van der Waals surface area contributed by atoms with E-state index in [1.165, 1.54) is 12.0 Å². The average Bonchev–Trinajstić information content (AvgIpc) is 3.57. The molecule has 1 aromatic carbocycles. The zero-order chi connectivity index (χ0) is 20.1. The van der Waals surface area contributed by atoms with E-state index in [1.54, 1.807) is 0 Å². The standard InChI is InChI=1S/C25H37N3O/c1-26-17-19-27(20-18-26)15-8-16-28(21-22-9-4-2-5-10-22)24(29)25(13-14-25)23-11-6-3-7-12-23/h2-4,6-7,11-12,22H,5,8-10,13-21H2,1H3/t22-/m0/s1. The number of amides is 1. The number of rotatable bonds is 8.